The molecule has 2 aromatic rings. The van der Waals surface area contributed by atoms with E-state index in [2.05, 4.69) is 15.2 Å². The fourth-order valence-electron chi connectivity index (χ4n) is 4.26. The predicted octanol–water partition coefficient (Wildman–Crippen LogP) is 1.50. The summed E-state index contributed by atoms with van der Waals surface area (Å²) in [7, 11) is 0. The van der Waals surface area contributed by atoms with Crippen molar-refractivity contribution in [3.63, 3.8) is 0 Å². The summed E-state index contributed by atoms with van der Waals surface area (Å²) in [5.74, 6) is 0.747. The van der Waals surface area contributed by atoms with Gasteiger partial charge in [-0.2, -0.15) is 0 Å². The van der Waals surface area contributed by atoms with Crippen LogP contribution in [0.4, 0.5) is 0 Å². The highest BCUT2D eigenvalue weighted by Gasteiger charge is 2.33. The van der Waals surface area contributed by atoms with Gasteiger partial charge in [0.2, 0.25) is 0 Å². The zero-order valence-corrected chi connectivity index (χ0v) is 14.6. The van der Waals surface area contributed by atoms with Crippen molar-refractivity contribution in [2.24, 2.45) is 5.92 Å². The monoisotopic (exact) mass is 354 g/mol. The molecule has 136 valence electrons. The molecule has 3 aliphatic heterocycles. The number of carbonyl (C=O) groups excluding carboxylic acids is 2. The van der Waals surface area contributed by atoms with Crippen LogP contribution in [0.15, 0.2) is 22.7 Å². The van der Waals surface area contributed by atoms with E-state index >= 15 is 0 Å². The van der Waals surface area contributed by atoms with Crippen molar-refractivity contribution in [3.8, 4) is 0 Å². The molecule has 1 N–H and O–H groups in total. The molecule has 3 fully saturated rings. The van der Waals surface area contributed by atoms with Crippen LogP contribution in [0.5, 0.6) is 0 Å². The lowest BCUT2D eigenvalue weighted by atomic mass is 9.97. The van der Waals surface area contributed by atoms with Gasteiger partial charge in [0.25, 0.3) is 11.8 Å². The number of rotatable bonds is 3. The second-order valence-corrected chi connectivity index (χ2v) is 7.68. The van der Waals surface area contributed by atoms with Crippen molar-refractivity contribution in [1.29, 1.82) is 0 Å². The average molecular weight is 354 g/mol. The highest BCUT2D eigenvalue weighted by atomic mass is 16.3. The number of hydrogen-bond acceptors (Lipinski definition) is 5. The maximum absolute atomic E-state index is 12.6. The van der Waals surface area contributed by atoms with Gasteiger partial charge in [-0.05, 0) is 37.8 Å². The summed E-state index contributed by atoms with van der Waals surface area (Å²) >= 11 is 0. The van der Waals surface area contributed by atoms with Crippen LogP contribution in [0, 0.1) is 5.92 Å². The third-order valence-electron chi connectivity index (χ3n) is 5.79. The summed E-state index contributed by atoms with van der Waals surface area (Å²) in [5.41, 5.74) is 0.865. The first kappa shape index (κ1) is 15.8. The summed E-state index contributed by atoms with van der Waals surface area (Å²) in [6.45, 7) is 4.78. The van der Waals surface area contributed by atoms with Crippen LogP contribution < -0.4 is 5.32 Å². The molecule has 3 atom stereocenters. The molecular formula is C19H22N4O3. The molecule has 26 heavy (non-hydrogen) atoms. The number of pyridine rings is 1. The molecule has 3 saturated heterocycles. The lowest BCUT2D eigenvalue weighted by Crippen LogP contribution is -2.47. The summed E-state index contributed by atoms with van der Waals surface area (Å²) in [4.78, 5) is 33.3. The Morgan fingerprint density at radius 1 is 1.19 bits per heavy atom. The van der Waals surface area contributed by atoms with Crippen LogP contribution in [-0.4, -0.2) is 65.4 Å². The van der Waals surface area contributed by atoms with E-state index in [9.17, 15) is 9.59 Å². The van der Waals surface area contributed by atoms with Gasteiger partial charge in [-0.3, -0.25) is 14.6 Å². The van der Waals surface area contributed by atoms with Gasteiger partial charge in [0.15, 0.2) is 5.76 Å². The Balaban J connectivity index is 1.32. The molecule has 2 amide bonds. The SMILES string of the molecule is O=C(N[C@@H]1C[C@@H]2CCN(C2)C1)c1cc2oc(C(=O)N3CCC3)cc2cn1. The molecule has 1 unspecified atom stereocenters. The van der Waals surface area contributed by atoms with Crippen molar-refractivity contribution in [2.75, 3.05) is 32.7 Å². The molecule has 0 radical (unpaired) electrons. The number of nitrogens with one attached hydrogen (secondary N) is 1. The minimum Gasteiger partial charge on any atom is -0.451 e. The topological polar surface area (TPSA) is 78.7 Å². The Bertz CT molecular complexity index is 861. The highest BCUT2D eigenvalue weighted by Crippen LogP contribution is 2.27. The maximum Gasteiger partial charge on any atom is 0.289 e. The van der Waals surface area contributed by atoms with E-state index in [4.69, 9.17) is 4.42 Å². The van der Waals surface area contributed by atoms with E-state index in [0.717, 1.165) is 51.0 Å². The molecular weight excluding hydrogens is 332 g/mol. The van der Waals surface area contributed by atoms with Crippen molar-refractivity contribution < 1.29 is 14.0 Å². The number of hydrogen-bond donors (Lipinski definition) is 1. The van der Waals surface area contributed by atoms with E-state index in [1.807, 2.05) is 0 Å². The number of furan rings is 1. The first-order valence-electron chi connectivity index (χ1n) is 9.38. The number of carbonyl (C=O) groups is 2. The zero-order valence-electron chi connectivity index (χ0n) is 14.6. The van der Waals surface area contributed by atoms with Crippen molar-refractivity contribution >= 4 is 22.8 Å². The Morgan fingerprint density at radius 3 is 2.85 bits per heavy atom. The lowest BCUT2D eigenvalue weighted by molar-refractivity contribution is 0.0621. The summed E-state index contributed by atoms with van der Waals surface area (Å²) in [5, 5.41) is 3.85. The third-order valence-corrected chi connectivity index (χ3v) is 5.79. The van der Waals surface area contributed by atoms with E-state index in [-0.39, 0.29) is 17.9 Å². The Labute approximate surface area is 151 Å². The minimum atomic E-state index is -0.175. The largest absolute Gasteiger partial charge is 0.451 e. The number of likely N-dealkylation sites (tertiary alicyclic amines) is 1. The predicted molar refractivity (Wildman–Crippen MR) is 94.9 cm³/mol. The Morgan fingerprint density at radius 2 is 2.08 bits per heavy atom. The minimum absolute atomic E-state index is 0.0924. The van der Waals surface area contributed by atoms with E-state index in [1.54, 1.807) is 23.2 Å². The molecule has 0 saturated carbocycles. The highest BCUT2D eigenvalue weighted by molar-refractivity contribution is 5.99. The van der Waals surface area contributed by atoms with Crippen molar-refractivity contribution in [1.82, 2.24) is 20.1 Å². The number of nitrogens with zero attached hydrogens (tertiary/aromatic N) is 3. The first-order valence-corrected chi connectivity index (χ1v) is 9.38. The quantitative estimate of drug-likeness (QED) is 0.904. The van der Waals surface area contributed by atoms with E-state index in [0.29, 0.717) is 23.0 Å². The van der Waals surface area contributed by atoms with Crippen LogP contribution in [-0.2, 0) is 0 Å². The fourth-order valence-corrected chi connectivity index (χ4v) is 4.26. The standard InChI is InChI=1S/C19H22N4O3/c24-18(21-14-6-12-2-5-22(10-12)11-14)15-8-16-13(9-20-15)7-17(26-16)19(25)23-3-1-4-23/h7-9,12,14H,1-6,10-11H2,(H,21,24)/t12-,14+/m0/s1. The van der Waals surface area contributed by atoms with Gasteiger partial charge in [-0.1, -0.05) is 0 Å². The number of fused-ring (bicyclic) bond motifs is 3. The van der Waals surface area contributed by atoms with Crippen LogP contribution in [0.2, 0.25) is 0 Å². The second kappa shape index (κ2) is 6.09. The molecule has 2 aromatic heterocycles. The molecule has 5 rings (SSSR count). The van der Waals surface area contributed by atoms with Crippen molar-refractivity contribution in [2.45, 2.75) is 25.3 Å². The van der Waals surface area contributed by atoms with Crippen molar-refractivity contribution in [3.05, 3.63) is 29.8 Å². The molecule has 3 aliphatic rings. The first-order chi connectivity index (χ1) is 12.7. The normalized spacial score (nSPS) is 27.4. The van der Waals surface area contributed by atoms with Gasteiger partial charge in [-0.15, -0.1) is 0 Å². The van der Waals surface area contributed by atoms with Crippen LogP contribution in [0.3, 0.4) is 0 Å². The fraction of sp³-hybridized carbons (Fsp3) is 0.526. The summed E-state index contributed by atoms with van der Waals surface area (Å²) in [6, 6.07) is 3.52. The maximum atomic E-state index is 12.6. The molecule has 7 nitrogen and oxygen atoms in total. The van der Waals surface area contributed by atoms with Gasteiger partial charge in [-0.25, -0.2) is 0 Å². The molecule has 0 aromatic carbocycles. The smallest absolute Gasteiger partial charge is 0.289 e. The number of piperidine rings is 1. The molecule has 7 heteroatoms. The second-order valence-electron chi connectivity index (χ2n) is 7.68. The zero-order chi connectivity index (χ0) is 17.7. The number of aromatic nitrogens is 1. The molecule has 5 heterocycles. The molecule has 0 aliphatic carbocycles. The van der Waals surface area contributed by atoms with Crippen LogP contribution in [0.1, 0.15) is 40.3 Å². The van der Waals surface area contributed by atoms with Crippen LogP contribution >= 0.6 is 0 Å². The van der Waals surface area contributed by atoms with Gasteiger partial charge < -0.3 is 19.5 Å². The van der Waals surface area contributed by atoms with Gasteiger partial charge in [0, 0.05) is 49.9 Å². The Hall–Kier alpha value is -2.41. The van der Waals surface area contributed by atoms with Gasteiger partial charge >= 0.3 is 0 Å². The summed E-state index contributed by atoms with van der Waals surface area (Å²) in [6.07, 6.45) is 4.92. The third kappa shape index (κ3) is 2.76. The average Bonchev–Trinajstić information content (AvgIpc) is 3.15. The van der Waals surface area contributed by atoms with E-state index < -0.39 is 0 Å². The molecule has 0 spiro atoms. The summed E-state index contributed by atoms with van der Waals surface area (Å²) < 4.78 is 5.69. The van der Waals surface area contributed by atoms with E-state index in [1.165, 1.54) is 6.42 Å². The lowest BCUT2D eigenvalue weighted by Gasteiger charge is -2.30. The van der Waals surface area contributed by atoms with Crippen LogP contribution in [0.25, 0.3) is 11.0 Å². The van der Waals surface area contributed by atoms with Gasteiger partial charge in [0.05, 0.1) is 0 Å². The van der Waals surface area contributed by atoms with Gasteiger partial charge in [0.1, 0.15) is 11.3 Å². The molecule has 2 bridgehead atoms. The number of amides is 2. The Kier molecular flexibility index (Phi) is 3.70.